The van der Waals surface area contributed by atoms with Gasteiger partial charge in [0.25, 0.3) is 0 Å². The van der Waals surface area contributed by atoms with Crippen molar-refractivity contribution >= 4 is 35.8 Å². The van der Waals surface area contributed by atoms with Crippen LogP contribution in [0.5, 0.6) is 69.0 Å². The van der Waals surface area contributed by atoms with Gasteiger partial charge in [-0.3, -0.25) is 0 Å². The van der Waals surface area contributed by atoms with Crippen molar-refractivity contribution in [3.05, 3.63) is 143 Å². The van der Waals surface area contributed by atoms with Crippen LogP contribution < -0.4 is 14.2 Å². The third kappa shape index (κ3) is 11.4. The van der Waals surface area contributed by atoms with Crippen LogP contribution in [0.4, 0.5) is 0 Å². The number of carbonyl (C=O) groups excluding carboxylic acids is 6. The molecule has 9 N–H and O–H groups in total. The van der Waals surface area contributed by atoms with Gasteiger partial charge in [0, 0.05) is 18.9 Å². The fraction of sp³-hybridized carbons (Fsp3) is 0.125. The first kappa shape index (κ1) is 48.2. The van der Waals surface area contributed by atoms with Gasteiger partial charge in [0.15, 0.2) is 51.7 Å². The van der Waals surface area contributed by atoms with Gasteiger partial charge < -0.3 is 79.1 Å². The molecule has 0 aliphatic carbocycles. The Morgan fingerprint density at radius 2 is 0.986 bits per heavy atom. The average molecular weight is 965 g/mol. The number of esters is 6. The predicted molar refractivity (Wildman–Crippen MR) is 231 cm³/mol. The van der Waals surface area contributed by atoms with Gasteiger partial charge in [-0.05, 0) is 84.9 Å². The van der Waals surface area contributed by atoms with Gasteiger partial charge in [-0.2, -0.15) is 0 Å². The van der Waals surface area contributed by atoms with E-state index < -0.39 is 142 Å². The van der Waals surface area contributed by atoms with Crippen molar-refractivity contribution in [2.75, 3.05) is 6.61 Å². The zero-order valence-corrected chi connectivity index (χ0v) is 35.6. The SMILES string of the molecule is O=C(OC[C@@H]1C[C@H](OC(=O)c2cc(O)cc(OC(=O)c3ccccc3)c2)CC(OC(=O)c2cc(O)c(O)c(OC(=O)c3ccc(O)c(O)c3)c2)O1)c1ccc(O)c(OC(=O)c2cc(O)c(O)c(O)c2)c1. The van der Waals surface area contributed by atoms with Crippen LogP contribution in [0.2, 0.25) is 0 Å². The van der Waals surface area contributed by atoms with E-state index in [2.05, 4.69) is 0 Å². The van der Waals surface area contributed by atoms with E-state index in [-0.39, 0.29) is 34.4 Å². The van der Waals surface area contributed by atoms with Gasteiger partial charge >= 0.3 is 35.8 Å². The highest BCUT2D eigenvalue weighted by Crippen LogP contribution is 2.39. The third-order valence-corrected chi connectivity index (χ3v) is 9.99. The summed E-state index contributed by atoms with van der Waals surface area (Å²) in [5.74, 6) is -15.0. The Bertz CT molecular complexity index is 3020. The summed E-state index contributed by atoms with van der Waals surface area (Å²) in [4.78, 5) is 78.7. The second-order valence-electron chi connectivity index (χ2n) is 15.0. The van der Waals surface area contributed by atoms with Crippen molar-refractivity contribution < 1.29 is 108 Å². The van der Waals surface area contributed by atoms with Crippen molar-refractivity contribution in [3.63, 3.8) is 0 Å². The molecule has 7 rings (SSSR count). The molecule has 1 aliphatic heterocycles. The second kappa shape index (κ2) is 20.4. The van der Waals surface area contributed by atoms with Gasteiger partial charge in [0.05, 0.1) is 39.5 Å². The third-order valence-electron chi connectivity index (χ3n) is 9.99. The fourth-order valence-corrected chi connectivity index (χ4v) is 6.57. The minimum Gasteiger partial charge on any atom is -0.508 e. The standard InChI is InChI=1S/C48H36O22/c49-28-10-25(11-29(18-28)66-44(59)22-4-2-1-3-5-22)46(61)67-30-19-31(21-64-43(58)24-7-9-33(51)38(16-24)68-47(62)26-13-35(53)41(56)36(54)14-26)65-40(20-30)70-48(63)27-15-37(55)42(57)39(17-27)69-45(60)23-6-8-32(50)34(52)12-23/h1-18,30-31,40,49-57H,19-21H2/t30-,31-,40?/m0/s1. The summed E-state index contributed by atoms with van der Waals surface area (Å²) in [5, 5.41) is 90.2. The van der Waals surface area contributed by atoms with Crippen LogP contribution in [-0.4, -0.2) is 107 Å². The van der Waals surface area contributed by atoms with Crippen LogP contribution >= 0.6 is 0 Å². The molecule has 360 valence electrons. The number of hydrogen-bond donors (Lipinski definition) is 9. The molecule has 1 saturated heterocycles. The number of benzene rings is 6. The molecule has 1 heterocycles. The fourth-order valence-electron chi connectivity index (χ4n) is 6.57. The zero-order chi connectivity index (χ0) is 50.4. The molecule has 6 aromatic rings. The molecule has 1 unspecified atom stereocenters. The summed E-state index contributed by atoms with van der Waals surface area (Å²) in [5.41, 5.74) is -1.68. The molecule has 0 bridgehead atoms. The molecule has 22 heteroatoms. The van der Waals surface area contributed by atoms with Gasteiger partial charge in [-0.25, -0.2) is 28.8 Å². The van der Waals surface area contributed by atoms with Crippen molar-refractivity contribution in [3.8, 4) is 69.0 Å². The largest absolute Gasteiger partial charge is 0.508 e. The van der Waals surface area contributed by atoms with E-state index in [1.165, 1.54) is 12.1 Å². The van der Waals surface area contributed by atoms with Gasteiger partial charge in [0.2, 0.25) is 12.0 Å². The van der Waals surface area contributed by atoms with Crippen LogP contribution in [-0.2, 0) is 18.9 Å². The van der Waals surface area contributed by atoms with Gasteiger partial charge in [-0.15, -0.1) is 0 Å². The van der Waals surface area contributed by atoms with E-state index in [1.54, 1.807) is 18.2 Å². The number of rotatable bonds is 13. The topological polar surface area (TPSA) is 349 Å². The molecule has 0 spiro atoms. The highest BCUT2D eigenvalue weighted by Gasteiger charge is 2.36. The molecule has 1 aliphatic rings. The smallest absolute Gasteiger partial charge is 0.343 e. The maximum atomic E-state index is 13.6. The van der Waals surface area contributed by atoms with Crippen molar-refractivity contribution in [2.24, 2.45) is 0 Å². The highest BCUT2D eigenvalue weighted by atomic mass is 16.7. The van der Waals surface area contributed by atoms with Crippen LogP contribution in [0.3, 0.4) is 0 Å². The van der Waals surface area contributed by atoms with Crippen LogP contribution in [0, 0.1) is 0 Å². The number of aromatic hydroxyl groups is 9. The molecule has 22 nitrogen and oxygen atoms in total. The van der Waals surface area contributed by atoms with E-state index in [1.807, 2.05) is 0 Å². The Morgan fingerprint density at radius 1 is 0.443 bits per heavy atom. The number of hydrogen-bond acceptors (Lipinski definition) is 22. The molecule has 3 atom stereocenters. The Morgan fingerprint density at radius 3 is 1.67 bits per heavy atom. The lowest BCUT2D eigenvalue weighted by Gasteiger charge is -2.34. The second-order valence-corrected chi connectivity index (χ2v) is 15.0. The van der Waals surface area contributed by atoms with Crippen molar-refractivity contribution in [1.29, 1.82) is 0 Å². The summed E-state index contributed by atoms with van der Waals surface area (Å²) in [7, 11) is 0. The van der Waals surface area contributed by atoms with Gasteiger partial charge in [-0.1, -0.05) is 18.2 Å². The zero-order valence-electron chi connectivity index (χ0n) is 35.6. The maximum absolute atomic E-state index is 13.6. The summed E-state index contributed by atoms with van der Waals surface area (Å²) in [6.45, 7) is -0.637. The van der Waals surface area contributed by atoms with Crippen LogP contribution in [0.15, 0.2) is 109 Å². The molecule has 6 aromatic carbocycles. The monoisotopic (exact) mass is 964 g/mol. The molecular formula is C48H36O22. The first-order valence-electron chi connectivity index (χ1n) is 20.3. The number of carbonyl (C=O) groups is 6. The summed E-state index contributed by atoms with van der Waals surface area (Å²) in [6.07, 6.45) is -4.72. The average Bonchev–Trinajstić information content (AvgIpc) is 3.32. The summed E-state index contributed by atoms with van der Waals surface area (Å²) in [6, 6.07) is 20.1. The molecule has 0 aromatic heterocycles. The Balaban J connectivity index is 1.08. The predicted octanol–water partition coefficient (Wildman–Crippen LogP) is 5.44. The van der Waals surface area contributed by atoms with Crippen molar-refractivity contribution in [2.45, 2.75) is 31.3 Å². The molecule has 0 amide bonds. The lowest BCUT2D eigenvalue weighted by Crippen LogP contribution is -2.42. The van der Waals surface area contributed by atoms with Crippen molar-refractivity contribution in [1.82, 2.24) is 0 Å². The van der Waals surface area contributed by atoms with Gasteiger partial charge in [0.1, 0.15) is 24.2 Å². The lowest BCUT2D eigenvalue weighted by atomic mass is 10.0. The Hall–Kier alpha value is -9.70. The lowest BCUT2D eigenvalue weighted by molar-refractivity contribution is -0.198. The highest BCUT2D eigenvalue weighted by molar-refractivity contribution is 5.96. The van der Waals surface area contributed by atoms with Crippen LogP contribution in [0.25, 0.3) is 0 Å². The molecule has 70 heavy (non-hydrogen) atoms. The Labute approximate surface area is 392 Å². The number of phenols is 9. The Kier molecular flexibility index (Phi) is 14.1. The summed E-state index contributed by atoms with van der Waals surface area (Å²) >= 11 is 0. The van der Waals surface area contributed by atoms with E-state index in [0.29, 0.717) is 0 Å². The first-order chi connectivity index (χ1) is 33.3. The minimum absolute atomic E-state index is 0.170. The molecule has 0 saturated carbocycles. The molecule has 0 radical (unpaired) electrons. The number of phenolic OH excluding ortho intramolecular Hbond substituents is 9. The van der Waals surface area contributed by atoms with E-state index in [0.717, 1.165) is 78.9 Å². The van der Waals surface area contributed by atoms with E-state index >= 15 is 0 Å². The van der Waals surface area contributed by atoms with E-state index in [9.17, 15) is 74.7 Å². The minimum atomic E-state index is -1.63. The molecular weight excluding hydrogens is 929 g/mol. The molecule has 1 fully saturated rings. The van der Waals surface area contributed by atoms with E-state index in [4.69, 9.17) is 33.2 Å². The number of ether oxygens (including phenoxy) is 7. The van der Waals surface area contributed by atoms with Crippen LogP contribution in [0.1, 0.15) is 75.0 Å². The maximum Gasteiger partial charge on any atom is 0.343 e. The first-order valence-corrected chi connectivity index (χ1v) is 20.3. The summed E-state index contributed by atoms with van der Waals surface area (Å²) < 4.78 is 38.1. The quantitative estimate of drug-likeness (QED) is 0.0301. The normalized spacial score (nSPS) is 15.2.